The molecule has 0 fully saturated rings. The lowest BCUT2D eigenvalue weighted by molar-refractivity contribution is 1.46. The topological polar surface area (TPSA) is 74.2 Å². The minimum atomic E-state index is -0.906. The van der Waals surface area contributed by atoms with Crippen molar-refractivity contribution in [1.29, 1.82) is 0 Å². The Labute approximate surface area is 213 Å². The van der Waals surface area contributed by atoms with Gasteiger partial charge in [-0.3, -0.25) is 0 Å². The first-order valence-corrected chi connectivity index (χ1v) is 14.1. The lowest BCUT2D eigenvalue weighted by Gasteiger charge is -2.16. The second-order valence-corrected chi connectivity index (χ2v) is 11.3. The van der Waals surface area contributed by atoms with Crippen LogP contribution in [0.5, 0.6) is 0 Å². The van der Waals surface area contributed by atoms with Gasteiger partial charge in [-0.2, -0.15) is 17.5 Å². The zero-order valence-corrected chi connectivity index (χ0v) is 20.7. The van der Waals surface area contributed by atoms with Crippen molar-refractivity contribution >= 4 is 43.2 Å². The van der Waals surface area contributed by atoms with E-state index in [0.29, 0.717) is 23.3 Å². The van der Waals surface area contributed by atoms with E-state index in [1.807, 2.05) is 121 Å². The summed E-state index contributed by atoms with van der Waals surface area (Å²) in [6.07, 6.45) is 0. The van der Waals surface area contributed by atoms with Gasteiger partial charge >= 0.3 is 0 Å². The van der Waals surface area contributed by atoms with E-state index >= 15 is 0 Å². The maximum Gasteiger partial charge on any atom is 0.171 e. The molecular weight excluding hydrogens is 484 g/mol. The van der Waals surface area contributed by atoms with Gasteiger partial charge in [0, 0.05) is 22.3 Å². The first-order valence-electron chi connectivity index (χ1n) is 11.3. The summed E-state index contributed by atoms with van der Waals surface area (Å²) < 4.78 is 19.8. The summed E-state index contributed by atoms with van der Waals surface area (Å²) in [6, 6.07) is 39.9. The predicted molar refractivity (Wildman–Crippen MR) is 152 cm³/mol. The molecule has 6 rings (SSSR count). The van der Waals surface area contributed by atoms with Gasteiger partial charge in [0.25, 0.3) is 0 Å². The molecule has 0 spiro atoms. The molecule has 174 valence electrons. The van der Waals surface area contributed by atoms with Crippen LogP contribution in [0.1, 0.15) is 22.3 Å². The third-order valence-electron chi connectivity index (χ3n) is 5.34. The highest BCUT2D eigenvalue weighted by Gasteiger charge is 2.21. The Bertz CT molecular complexity index is 1390. The summed E-state index contributed by atoms with van der Waals surface area (Å²) >= 11 is 0. The molecular formula is C28H20N6S2. The van der Waals surface area contributed by atoms with Gasteiger partial charge in [-0.25, -0.2) is 9.98 Å². The van der Waals surface area contributed by atoms with E-state index in [0.717, 1.165) is 22.3 Å². The van der Waals surface area contributed by atoms with Gasteiger partial charge in [-0.15, -0.1) is 0 Å². The fourth-order valence-electron chi connectivity index (χ4n) is 3.57. The molecule has 0 radical (unpaired) electrons. The summed E-state index contributed by atoms with van der Waals surface area (Å²) in [7, 11) is -1.81. The molecule has 2 atom stereocenters. The number of hydrogen-bond donors (Lipinski definition) is 0. The van der Waals surface area contributed by atoms with Crippen LogP contribution >= 0.6 is 0 Å². The smallest absolute Gasteiger partial charge is 0.171 e. The van der Waals surface area contributed by atoms with Crippen molar-refractivity contribution in [1.82, 2.24) is 0 Å². The fraction of sp³-hybridized carbons (Fsp3) is 0. The Balaban J connectivity index is 1.52. The minimum Gasteiger partial charge on any atom is -0.207 e. The van der Waals surface area contributed by atoms with Gasteiger partial charge < -0.3 is 0 Å². The van der Waals surface area contributed by atoms with Crippen molar-refractivity contribution in [2.24, 2.45) is 27.5 Å². The maximum atomic E-state index is 4.95. The molecule has 0 bridgehead atoms. The van der Waals surface area contributed by atoms with Crippen LogP contribution in [0, 0.1) is 0 Å². The molecule has 8 heteroatoms. The molecule has 0 amide bonds. The van der Waals surface area contributed by atoms with Crippen molar-refractivity contribution in [3.8, 4) is 0 Å². The van der Waals surface area contributed by atoms with Gasteiger partial charge in [0.2, 0.25) is 0 Å². The number of benzene rings is 4. The lowest BCUT2D eigenvalue weighted by atomic mass is 10.2. The van der Waals surface area contributed by atoms with Gasteiger partial charge in [0.1, 0.15) is 19.8 Å². The van der Waals surface area contributed by atoms with E-state index in [2.05, 4.69) is 0 Å². The quantitative estimate of drug-likeness (QED) is 0.293. The van der Waals surface area contributed by atoms with Crippen LogP contribution < -0.4 is 0 Å². The maximum absolute atomic E-state index is 4.95. The molecule has 0 N–H and O–H groups in total. The summed E-state index contributed by atoms with van der Waals surface area (Å²) in [5.41, 5.74) is 3.73. The third-order valence-corrected chi connectivity index (χ3v) is 8.62. The summed E-state index contributed by atoms with van der Waals surface area (Å²) in [6.45, 7) is 0. The van der Waals surface area contributed by atoms with E-state index in [4.69, 9.17) is 27.5 Å². The SMILES string of the molecule is c1ccc(C2=NC(c3ccccc3)=NS(S3=NC(c4ccccc4)=NC(c4ccccc4)=N3)=N2)cc1. The standard InChI is InChI=1S/C28H20N6S2/c1-5-13-21(14-6-1)25-29-26(22-15-7-2-8-16-22)32-35(31-25)36-33-27(23-17-9-3-10-18-23)30-28(34-36)24-19-11-4-12-20-24/h1-20H. The Hall–Kier alpha value is -4.14. The van der Waals surface area contributed by atoms with E-state index in [-0.39, 0.29) is 0 Å². The van der Waals surface area contributed by atoms with Crippen LogP contribution in [-0.2, 0) is 19.8 Å². The largest absolute Gasteiger partial charge is 0.207 e. The molecule has 2 aliphatic heterocycles. The zero-order chi connectivity index (χ0) is 24.2. The minimum absolute atomic E-state index is 0.635. The van der Waals surface area contributed by atoms with Crippen LogP contribution in [-0.4, -0.2) is 23.3 Å². The Morgan fingerprint density at radius 1 is 0.333 bits per heavy atom. The molecule has 0 aromatic heterocycles. The van der Waals surface area contributed by atoms with E-state index in [1.54, 1.807) is 0 Å². The van der Waals surface area contributed by atoms with Crippen LogP contribution in [0.25, 0.3) is 0 Å². The molecule has 6 nitrogen and oxygen atoms in total. The van der Waals surface area contributed by atoms with Gasteiger partial charge in [-0.05, 0) is 0 Å². The highest BCUT2D eigenvalue weighted by Crippen LogP contribution is 2.22. The van der Waals surface area contributed by atoms with Gasteiger partial charge in [-0.1, -0.05) is 121 Å². The van der Waals surface area contributed by atoms with Crippen LogP contribution in [0.4, 0.5) is 0 Å². The molecule has 0 saturated carbocycles. The average Bonchev–Trinajstić information content (AvgIpc) is 2.98. The van der Waals surface area contributed by atoms with Crippen molar-refractivity contribution in [3.05, 3.63) is 144 Å². The third kappa shape index (κ3) is 4.82. The highest BCUT2D eigenvalue weighted by atomic mass is 33.1. The molecule has 36 heavy (non-hydrogen) atoms. The Morgan fingerprint density at radius 2 is 0.611 bits per heavy atom. The molecule has 0 saturated heterocycles. The lowest BCUT2D eigenvalue weighted by Crippen LogP contribution is -2.17. The van der Waals surface area contributed by atoms with Gasteiger partial charge in [0.15, 0.2) is 23.3 Å². The number of rotatable bonds is 5. The summed E-state index contributed by atoms with van der Waals surface area (Å²) in [4.78, 5) is 9.63. The van der Waals surface area contributed by atoms with Gasteiger partial charge in [0.05, 0.1) is 0 Å². The van der Waals surface area contributed by atoms with Crippen molar-refractivity contribution in [2.75, 3.05) is 0 Å². The number of aliphatic imine (C=N–C) groups is 2. The molecule has 2 heterocycles. The zero-order valence-electron chi connectivity index (χ0n) is 19.0. The summed E-state index contributed by atoms with van der Waals surface area (Å²) in [5.74, 6) is 2.54. The molecule has 2 unspecified atom stereocenters. The van der Waals surface area contributed by atoms with Crippen LogP contribution in [0.15, 0.2) is 149 Å². The highest BCUT2D eigenvalue weighted by molar-refractivity contribution is 8.62. The monoisotopic (exact) mass is 504 g/mol. The second kappa shape index (κ2) is 10.2. The first-order chi connectivity index (χ1) is 17.8. The van der Waals surface area contributed by atoms with Crippen LogP contribution in [0.2, 0.25) is 0 Å². The fourth-order valence-corrected chi connectivity index (χ4v) is 6.74. The van der Waals surface area contributed by atoms with E-state index < -0.39 is 19.8 Å². The average molecular weight is 505 g/mol. The van der Waals surface area contributed by atoms with Crippen molar-refractivity contribution < 1.29 is 0 Å². The molecule has 0 aliphatic carbocycles. The van der Waals surface area contributed by atoms with Crippen molar-refractivity contribution in [2.45, 2.75) is 0 Å². The number of hydrogen-bond acceptors (Lipinski definition) is 6. The second-order valence-electron chi connectivity index (χ2n) is 7.81. The van der Waals surface area contributed by atoms with Crippen molar-refractivity contribution in [3.63, 3.8) is 0 Å². The van der Waals surface area contributed by atoms with E-state index in [1.165, 1.54) is 0 Å². The molecule has 4 aromatic carbocycles. The Kier molecular flexibility index (Phi) is 6.35. The van der Waals surface area contributed by atoms with Crippen LogP contribution in [0.3, 0.4) is 0 Å². The molecule has 2 aliphatic rings. The predicted octanol–water partition coefficient (Wildman–Crippen LogP) is 6.15. The normalized spacial score (nSPS) is 19.1. The Morgan fingerprint density at radius 3 is 0.917 bits per heavy atom. The summed E-state index contributed by atoms with van der Waals surface area (Å²) in [5, 5.41) is 0. The molecule has 4 aromatic rings. The van der Waals surface area contributed by atoms with E-state index in [9.17, 15) is 0 Å². The number of amidine groups is 4. The first kappa shape index (κ1) is 22.3. The number of nitrogens with zero attached hydrogens (tertiary/aromatic N) is 6.